The van der Waals surface area contributed by atoms with Gasteiger partial charge in [-0.1, -0.05) is 36.4 Å². The maximum Gasteiger partial charge on any atom is 0.0510 e. The highest BCUT2D eigenvalue weighted by Crippen LogP contribution is 2.18. The van der Waals surface area contributed by atoms with Gasteiger partial charge in [0.1, 0.15) is 0 Å². The van der Waals surface area contributed by atoms with Crippen LogP contribution in [0.5, 0.6) is 0 Å². The summed E-state index contributed by atoms with van der Waals surface area (Å²) in [5, 5.41) is 4.22. The molecule has 0 N–H and O–H groups in total. The third kappa shape index (κ3) is 3.08. The van der Waals surface area contributed by atoms with Crippen molar-refractivity contribution in [2.24, 2.45) is 0 Å². The van der Waals surface area contributed by atoms with Crippen LogP contribution in [-0.4, -0.2) is 8.96 Å². The Morgan fingerprint density at radius 1 is 1.00 bits per heavy atom. The molecular weight excluding hydrogens is 240 g/mol. The van der Waals surface area contributed by atoms with Crippen LogP contribution in [0.1, 0.15) is 26.3 Å². The first kappa shape index (κ1) is 13.0. The van der Waals surface area contributed by atoms with Crippen LogP contribution in [-0.2, 0) is 10.8 Å². The van der Waals surface area contributed by atoms with Crippen LogP contribution in [0.25, 0.3) is 16.8 Å². The van der Waals surface area contributed by atoms with E-state index in [-0.39, 0.29) is 4.75 Å². The molecule has 2 heteroatoms. The van der Waals surface area contributed by atoms with Crippen molar-refractivity contribution < 1.29 is 4.21 Å². The highest BCUT2D eigenvalue weighted by atomic mass is 32.2. The number of hydrogen-bond donors (Lipinski definition) is 0. The second-order valence-electron chi connectivity index (χ2n) is 5.32. The Hall–Kier alpha value is -1.41. The van der Waals surface area contributed by atoms with Gasteiger partial charge in [-0.15, -0.1) is 0 Å². The summed E-state index contributed by atoms with van der Waals surface area (Å²) in [6.45, 7) is 5.94. The Morgan fingerprint density at radius 3 is 2.33 bits per heavy atom. The van der Waals surface area contributed by atoms with Crippen molar-refractivity contribution in [2.75, 3.05) is 0 Å². The molecule has 0 aromatic heterocycles. The molecule has 2 aromatic carbocycles. The van der Waals surface area contributed by atoms with Crippen LogP contribution >= 0.6 is 0 Å². The molecule has 0 fully saturated rings. The molecule has 1 atom stereocenters. The van der Waals surface area contributed by atoms with Crippen LogP contribution in [0, 0.1) is 0 Å². The minimum absolute atomic E-state index is 0.201. The SMILES string of the molecule is CC(C)(C)S(=O)/C=C/c1ccc2ccccc2c1. The molecule has 2 rings (SSSR count). The lowest BCUT2D eigenvalue weighted by molar-refractivity contribution is 0.656. The molecule has 2 aromatic rings. The van der Waals surface area contributed by atoms with Crippen molar-refractivity contribution in [3.05, 3.63) is 53.4 Å². The molecule has 0 aliphatic heterocycles. The van der Waals surface area contributed by atoms with E-state index < -0.39 is 10.8 Å². The summed E-state index contributed by atoms with van der Waals surface area (Å²) in [7, 11) is -0.952. The quantitative estimate of drug-likeness (QED) is 0.782. The average molecular weight is 258 g/mol. The molecule has 1 unspecified atom stereocenters. The largest absolute Gasteiger partial charge is 0.254 e. The van der Waals surface area contributed by atoms with Gasteiger partial charge in [0.15, 0.2) is 0 Å². The van der Waals surface area contributed by atoms with E-state index in [1.807, 2.05) is 39.0 Å². The van der Waals surface area contributed by atoms with Crippen molar-refractivity contribution in [2.45, 2.75) is 25.5 Å². The molecule has 0 amide bonds. The fraction of sp³-hybridized carbons (Fsp3) is 0.250. The van der Waals surface area contributed by atoms with E-state index >= 15 is 0 Å². The lowest BCUT2D eigenvalue weighted by Crippen LogP contribution is -2.19. The Balaban J connectivity index is 2.27. The minimum Gasteiger partial charge on any atom is -0.254 e. The van der Waals surface area contributed by atoms with Gasteiger partial charge in [0.05, 0.1) is 10.8 Å². The van der Waals surface area contributed by atoms with Crippen LogP contribution in [0.2, 0.25) is 0 Å². The van der Waals surface area contributed by atoms with Crippen LogP contribution in [0.3, 0.4) is 0 Å². The summed E-state index contributed by atoms with van der Waals surface area (Å²) in [6.07, 6.45) is 1.94. The van der Waals surface area contributed by atoms with Crippen LogP contribution in [0.15, 0.2) is 47.9 Å². The van der Waals surface area contributed by atoms with E-state index in [1.54, 1.807) is 5.41 Å². The van der Waals surface area contributed by atoms with E-state index in [0.717, 1.165) is 5.56 Å². The highest BCUT2D eigenvalue weighted by Gasteiger charge is 2.16. The van der Waals surface area contributed by atoms with Crippen molar-refractivity contribution in [3.63, 3.8) is 0 Å². The van der Waals surface area contributed by atoms with Gasteiger partial charge in [-0.25, -0.2) is 0 Å². The maximum atomic E-state index is 11.9. The smallest absolute Gasteiger partial charge is 0.0510 e. The molecular formula is C16H18OS. The molecule has 0 radical (unpaired) electrons. The summed E-state index contributed by atoms with van der Waals surface area (Å²) >= 11 is 0. The number of fused-ring (bicyclic) bond motifs is 1. The minimum atomic E-state index is -0.952. The fourth-order valence-electron chi connectivity index (χ4n) is 1.66. The van der Waals surface area contributed by atoms with E-state index in [1.165, 1.54) is 10.8 Å². The molecule has 94 valence electrons. The summed E-state index contributed by atoms with van der Waals surface area (Å²) < 4.78 is 11.7. The molecule has 0 saturated carbocycles. The van der Waals surface area contributed by atoms with E-state index in [2.05, 4.69) is 30.3 Å². The second-order valence-corrected chi connectivity index (χ2v) is 7.41. The zero-order chi connectivity index (χ0) is 13.2. The van der Waals surface area contributed by atoms with Gasteiger partial charge in [-0.2, -0.15) is 0 Å². The topological polar surface area (TPSA) is 17.1 Å². The molecule has 0 saturated heterocycles. The van der Waals surface area contributed by atoms with E-state index in [4.69, 9.17) is 0 Å². The van der Waals surface area contributed by atoms with Crippen molar-refractivity contribution in [3.8, 4) is 0 Å². The highest BCUT2D eigenvalue weighted by molar-refractivity contribution is 7.89. The summed E-state index contributed by atoms with van der Waals surface area (Å²) in [4.78, 5) is 0. The number of benzene rings is 2. The van der Waals surface area contributed by atoms with Crippen LogP contribution < -0.4 is 0 Å². The maximum absolute atomic E-state index is 11.9. The molecule has 18 heavy (non-hydrogen) atoms. The zero-order valence-electron chi connectivity index (χ0n) is 11.0. The first-order chi connectivity index (χ1) is 8.47. The predicted octanol–water partition coefficient (Wildman–Crippen LogP) is 4.36. The molecule has 0 heterocycles. The predicted molar refractivity (Wildman–Crippen MR) is 80.9 cm³/mol. The van der Waals surface area contributed by atoms with Gasteiger partial charge < -0.3 is 0 Å². The summed E-state index contributed by atoms with van der Waals surface area (Å²) in [5.41, 5.74) is 1.09. The third-order valence-electron chi connectivity index (χ3n) is 2.76. The van der Waals surface area contributed by atoms with E-state index in [9.17, 15) is 4.21 Å². The van der Waals surface area contributed by atoms with Crippen molar-refractivity contribution >= 4 is 27.6 Å². The Morgan fingerprint density at radius 2 is 1.67 bits per heavy atom. The lowest BCUT2D eigenvalue weighted by atomic mass is 10.1. The van der Waals surface area contributed by atoms with Gasteiger partial charge >= 0.3 is 0 Å². The average Bonchev–Trinajstić information content (AvgIpc) is 2.34. The van der Waals surface area contributed by atoms with Gasteiger partial charge in [-0.3, -0.25) is 4.21 Å². The molecule has 0 bridgehead atoms. The third-order valence-corrected chi connectivity index (χ3v) is 4.35. The van der Waals surface area contributed by atoms with E-state index in [0.29, 0.717) is 0 Å². The Bertz CT molecular complexity index is 606. The van der Waals surface area contributed by atoms with Gasteiger partial charge in [0.2, 0.25) is 0 Å². The molecule has 0 aliphatic carbocycles. The second kappa shape index (κ2) is 5.07. The molecule has 0 spiro atoms. The summed E-state index contributed by atoms with van der Waals surface area (Å²) in [5.74, 6) is 0. The van der Waals surface area contributed by atoms with Crippen molar-refractivity contribution in [1.82, 2.24) is 0 Å². The zero-order valence-corrected chi connectivity index (χ0v) is 11.8. The van der Waals surface area contributed by atoms with Gasteiger partial charge in [-0.05, 0) is 49.2 Å². The number of hydrogen-bond acceptors (Lipinski definition) is 1. The lowest BCUT2D eigenvalue weighted by Gasteiger charge is -2.14. The normalized spacial score (nSPS) is 14.2. The Kier molecular flexibility index (Phi) is 3.67. The fourth-order valence-corrected chi connectivity index (χ4v) is 2.34. The summed E-state index contributed by atoms with van der Waals surface area (Å²) in [6, 6.07) is 14.5. The monoisotopic (exact) mass is 258 g/mol. The standard InChI is InChI=1S/C16H18OS/c1-16(2,3)18(17)11-10-13-8-9-14-6-4-5-7-15(14)12-13/h4-12H,1-3H3/b11-10+. The first-order valence-electron chi connectivity index (χ1n) is 6.04. The number of rotatable bonds is 2. The van der Waals surface area contributed by atoms with Crippen molar-refractivity contribution in [1.29, 1.82) is 0 Å². The van der Waals surface area contributed by atoms with Gasteiger partial charge in [0, 0.05) is 10.2 Å². The first-order valence-corrected chi connectivity index (χ1v) is 7.26. The molecule has 0 aliphatic rings. The molecule has 1 nitrogen and oxygen atoms in total. The van der Waals surface area contributed by atoms with Gasteiger partial charge in [0.25, 0.3) is 0 Å². The Labute approximate surface area is 111 Å². The van der Waals surface area contributed by atoms with Crippen LogP contribution in [0.4, 0.5) is 0 Å².